The minimum atomic E-state index is -4.37. The molecular formula is C17H21F3N2O3. The lowest BCUT2D eigenvalue weighted by Crippen LogP contribution is -2.49. The molecule has 2 atom stereocenters. The summed E-state index contributed by atoms with van der Waals surface area (Å²) < 4.78 is 37.6. The number of nitrogens with one attached hydrogen (secondary N) is 1. The Labute approximate surface area is 143 Å². The molecule has 5 nitrogen and oxygen atoms in total. The summed E-state index contributed by atoms with van der Waals surface area (Å²) in [7, 11) is 0. The van der Waals surface area contributed by atoms with E-state index in [-0.39, 0.29) is 18.6 Å². The summed E-state index contributed by atoms with van der Waals surface area (Å²) in [6.45, 7) is 2.44. The van der Waals surface area contributed by atoms with E-state index < -0.39 is 23.6 Å². The fourth-order valence-corrected chi connectivity index (χ4v) is 2.90. The van der Waals surface area contributed by atoms with E-state index in [1.807, 2.05) is 0 Å². The third-order valence-corrected chi connectivity index (χ3v) is 4.25. The van der Waals surface area contributed by atoms with Crippen LogP contribution in [0.1, 0.15) is 30.9 Å². The molecule has 1 heterocycles. The number of carbonyl (C=O) groups is 2. The minimum Gasteiger partial charge on any atom is -0.481 e. The molecule has 1 aliphatic heterocycles. The van der Waals surface area contributed by atoms with Gasteiger partial charge in [-0.1, -0.05) is 12.1 Å². The molecule has 0 saturated carbocycles. The maximum Gasteiger partial charge on any atom is 0.416 e. The molecule has 2 N–H and O–H groups in total. The average Bonchev–Trinajstić information content (AvgIpc) is 2.54. The Balaban J connectivity index is 1.88. The molecule has 1 fully saturated rings. The van der Waals surface area contributed by atoms with E-state index in [9.17, 15) is 22.8 Å². The number of alkyl halides is 3. The predicted molar refractivity (Wildman–Crippen MR) is 85.1 cm³/mol. The van der Waals surface area contributed by atoms with Gasteiger partial charge >= 0.3 is 18.2 Å². The summed E-state index contributed by atoms with van der Waals surface area (Å²) in [5, 5.41) is 11.8. The Morgan fingerprint density at radius 3 is 2.52 bits per heavy atom. The largest absolute Gasteiger partial charge is 0.481 e. The number of likely N-dealkylation sites (tertiary alicyclic amines) is 1. The molecule has 2 rings (SSSR count). The number of carboxylic acid groups (broad SMARTS) is 1. The van der Waals surface area contributed by atoms with E-state index >= 15 is 0 Å². The number of benzene rings is 1. The van der Waals surface area contributed by atoms with Crippen LogP contribution in [0.3, 0.4) is 0 Å². The summed E-state index contributed by atoms with van der Waals surface area (Å²) in [6.07, 6.45) is -2.79. The number of hydrogen-bond acceptors (Lipinski definition) is 2. The first-order chi connectivity index (χ1) is 11.7. The Morgan fingerprint density at radius 2 is 1.96 bits per heavy atom. The second kappa shape index (κ2) is 7.76. The van der Waals surface area contributed by atoms with Gasteiger partial charge < -0.3 is 15.3 Å². The van der Waals surface area contributed by atoms with Gasteiger partial charge in [0, 0.05) is 19.1 Å². The molecule has 8 heteroatoms. The topological polar surface area (TPSA) is 69.6 Å². The molecule has 1 aromatic rings. The third kappa shape index (κ3) is 5.37. The number of rotatable bonds is 4. The van der Waals surface area contributed by atoms with Gasteiger partial charge in [0.05, 0.1) is 11.5 Å². The highest BCUT2D eigenvalue weighted by atomic mass is 19.4. The maximum atomic E-state index is 12.5. The van der Waals surface area contributed by atoms with Crippen molar-refractivity contribution in [2.45, 2.75) is 38.4 Å². The molecule has 1 aromatic carbocycles. The number of aliphatic carboxylic acids is 1. The highest BCUT2D eigenvalue weighted by Crippen LogP contribution is 2.29. The van der Waals surface area contributed by atoms with Crippen molar-refractivity contribution >= 4 is 12.0 Å². The van der Waals surface area contributed by atoms with Gasteiger partial charge in [0.25, 0.3) is 0 Å². The minimum absolute atomic E-state index is 0.175. The highest BCUT2D eigenvalue weighted by Gasteiger charge is 2.30. The number of amides is 2. The zero-order valence-electron chi connectivity index (χ0n) is 13.8. The standard InChI is InChI=1S/C17H21F3N2O3/c1-11(9-12-4-6-14(7-5-12)17(18,19)20)21-16(25)22-8-2-3-13(10-22)15(23)24/h4-7,11,13H,2-3,8-10H2,1H3,(H,21,25)(H,23,24). The number of carbonyl (C=O) groups excluding carboxylic acids is 1. The van der Waals surface area contributed by atoms with Crippen molar-refractivity contribution in [2.24, 2.45) is 5.92 Å². The van der Waals surface area contributed by atoms with Crippen molar-refractivity contribution in [3.05, 3.63) is 35.4 Å². The molecule has 1 aliphatic rings. The lowest BCUT2D eigenvalue weighted by atomic mass is 9.98. The smallest absolute Gasteiger partial charge is 0.416 e. The Hall–Kier alpha value is -2.25. The SMILES string of the molecule is CC(Cc1ccc(C(F)(F)F)cc1)NC(=O)N1CCCC(C(=O)O)C1. The van der Waals surface area contributed by atoms with Gasteiger partial charge in [0.1, 0.15) is 0 Å². The number of hydrogen-bond donors (Lipinski definition) is 2. The van der Waals surface area contributed by atoms with E-state index in [2.05, 4.69) is 5.32 Å². The molecule has 0 bridgehead atoms. The zero-order chi connectivity index (χ0) is 18.6. The average molecular weight is 358 g/mol. The Bertz CT molecular complexity index is 617. The number of urea groups is 1. The van der Waals surface area contributed by atoms with Crippen molar-refractivity contribution in [2.75, 3.05) is 13.1 Å². The summed E-state index contributed by atoms with van der Waals surface area (Å²) in [6, 6.07) is 4.21. The highest BCUT2D eigenvalue weighted by molar-refractivity contribution is 5.76. The summed E-state index contributed by atoms with van der Waals surface area (Å²) in [5.74, 6) is -1.46. The van der Waals surface area contributed by atoms with Crippen LogP contribution in [0.4, 0.5) is 18.0 Å². The first-order valence-electron chi connectivity index (χ1n) is 8.11. The number of halogens is 3. The van der Waals surface area contributed by atoms with E-state index in [1.165, 1.54) is 17.0 Å². The molecule has 1 saturated heterocycles. The van der Waals surface area contributed by atoms with Crippen LogP contribution in [0, 0.1) is 5.92 Å². The number of carboxylic acids is 1. The van der Waals surface area contributed by atoms with Crippen molar-refractivity contribution in [1.29, 1.82) is 0 Å². The first-order valence-corrected chi connectivity index (χ1v) is 8.11. The van der Waals surface area contributed by atoms with Crippen LogP contribution in [-0.4, -0.2) is 41.1 Å². The van der Waals surface area contributed by atoms with E-state index in [4.69, 9.17) is 5.11 Å². The van der Waals surface area contributed by atoms with Crippen molar-refractivity contribution in [3.63, 3.8) is 0 Å². The summed E-state index contributed by atoms with van der Waals surface area (Å²) in [5.41, 5.74) is -0.0242. The molecular weight excluding hydrogens is 337 g/mol. The predicted octanol–water partition coefficient (Wildman–Crippen LogP) is 3.14. The van der Waals surface area contributed by atoms with Gasteiger partial charge in [-0.2, -0.15) is 13.2 Å². The maximum absolute atomic E-state index is 12.5. The fourth-order valence-electron chi connectivity index (χ4n) is 2.90. The summed E-state index contributed by atoms with van der Waals surface area (Å²) in [4.78, 5) is 24.7. The van der Waals surface area contributed by atoms with E-state index in [0.717, 1.165) is 12.1 Å². The van der Waals surface area contributed by atoms with Gasteiger partial charge in [-0.05, 0) is 43.9 Å². The quantitative estimate of drug-likeness (QED) is 0.869. The van der Waals surface area contributed by atoms with Crippen LogP contribution in [0.2, 0.25) is 0 Å². The van der Waals surface area contributed by atoms with Crippen molar-refractivity contribution < 1.29 is 27.9 Å². The molecule has 2 amide bonds. The second-order valence-electron chi connectivity index (χ2n) is 6.37. The van der Waals surface area contributed by atoms with Gasteiger partial charge in [-0.15, -0.1) is 0 Å². The van der Waals surface area contributed by atoms with Gasteiger partial charge in [-0.3, -0.25) is 4.79 Å². The molecule has 138 valence electrons. The normalized spacial score (nSPS) is 19.4. The van der Waals surface area contributed by atoms with Crippen molar-refractivity contribution in [3.8, 4) is 0 Å². The third-order valence-electron chi connectivity index (χ3n) is 4.25. The van der Waals surface area contributed by atoms with Gasteiger partial charge in [0.2, 0.25) is 0 Å². The molecule has 0 spiro atoms. The van der Waals surface area contributed by atoms with E-state index in [0.29, 0.717) is 31.4 Å². The van der Waals surface area contributed by atoms with Crippen LogP contribution in [0.5, 0.6) is 0 Å². The monoisotopic (exact) mass is 358 g/mol. The van der Waals surface area contributed by atoms with Crippen LogP contribution < -0.4 is 5.32 Å². The second-order valence-corrected chi connectivity index (χ2v) is 6.37. The lowest BCUT2D eigenvalue weighted by molar-refractivity contribution is -0.143. The number of piperidine rings is 1. The van der Waals surface area contributed by atoms with E-state index in [1.54, 1.807) is 6.92 Å². The molecule has 0 aromatic heterocycles. The van der Waals surface area contributed by atoms with Crippen LogP contribution >= 0.6 is 0 Å². The number of nitrogens with zero attached hydrogens (tertiary/aromatic N) is 1. The fraction of sp³-hybridized carbons (Fsp3) is 0.529. The molecule has 2 unspecified atom stereocenters. The molecule has 0 aliphatic carbocycles. The summed E-state index contributed by atoms with van der Waals surface area (Å²) >= 11 is 0. The van der Waals surface area contributed by atoms with Crippen LogP contribution in [-0.2, 0) is 17.4 Å². The van der Waals surface area contributed by atoms with Crippen LogP contribution in [0.25, 0.3) is 0 Å². The van der Waals surface area contributed by atoms with Crippen LogP contribution in [0.15, 0.2) is 24.3 Å². The van der Waals surface area contributed by atoms with Gasteiger partial charge in [-0.25, -0.2) is 4.79 Å². The van der Waals surface area contributed by atoms with Crippen molar-refractivity contribution in [1.82, 2.24) is 10.2 Å². The lowest BCUT2D eigenvalue weighted by Gasteiger charge is -2.31. The first kappa shape index (κ1) is 19.1. The molecule has 25 heavy (non-hydrogen) atoms. The Morgan fingerprint density at radius 1 is 1.32 bits per heavy atom. The molecule has 0 radical (unpaired) electrons. The zero-order valence-corrected chi connectivity index (χ0v) is 13.8. The Kier molecular flexibility index (Phi) is 5.92. The van der Waals surface area contributed by atoms with Gasteiger partial charge in [0.15, 0.2) is 0 Å².